The third-order valence-electron chi connectivity index (χ3n) is 5.35. The summed E-state index contributed by atoms with van der Waals surface area (Å²) in [6.45, 7) is 8.55. The summed E-state index contributed by atoms with van der Waals surface area (Å²) in [6, 6.07) is 7.73. The molecule has 1 saturated heterocycles. The van der Waals surface area contributed by atoms with E-state index in [1.165, 1.54) is 0 Å². The molecular formula is C18H27ClN2O. The second-order valence-corrected chi connectivity index (χ2v) is 7.22. The first-order valence-corrected chi connectivity index (χ1v) is 8.54. The number of carbonyl (C=O) groups is 1. The largest absolute Gasteiger partial charge is 0.341 e. The van der Waals surface area contributed by atoms with Crippen molar-refractivity contribution in [3.8, 4) is 0 Å². The Balaban J connectivity index is 2.31. The number of amides is 1. The smallest absolute Gasteiger partial charge is 0.233 e. The van der Waals surface area contributed by atoms with Crippen LogP contribution in [0.2, 0.25) is 5.02 Å². The number of benzene rings is 1. The van der Waals surface area contributed by atoms with Crippen LogP contribution in [0.3, 0.4) is 0 Å². The lowest BCUT2D eigenvalue weighted by atomic mass is 9.74. The minimum absolute atomic E-state index is 0.0584. The van der Waals surface area contributed by atoms with Gasteiger partial charge in [-0.1, -0.05) is 44.5 Å². The zero-order valence-corrected chi connectivity index (χ0v) is 14.6. The molecule has 0 bridgehead atoms. The lowest BCUT2D eigenvalue weighted by Crippen LogP contribution is -2.46. The fraction of sp³-hybridized carbons (Fsp3) is 0.611. The maximum atomic E-state index is 13.3. The van der Waals surface area contributed by atoms with Crippen molar-refractivity contribution in [1.82, 2.24) is 4.90 Å². The molecule has 0 radical (unpaired) electrons. The van der Waals surface area contributed by atoms with Gasteiger partial charge in [-0.2, -0.15) is 0 Å². The van der Waals surface area contributed by atoms with E-state index in [1.807, 2.05) is 29.2 Å². The first kappa shape index (κ1) is 17.3. The van der Waals surface area contributed by atoms with Gasteiger partial charge in [0.1, 0.15) is 0 Å². The number of rotatable bonds is 5. The van der Waals surface area contributed by atoms with Crippen LogP contribution < -0.4 is 5.73 Å². The van der Waals surface area contributed by atoms with E-state index in [2.05, 4.69) is 20.8 Å². The molecule has 1 atom stereocenters. The highest BCUT2D eigenvalue weighted by atomic mass is 35.5. The van der Waals surface area contributed by atoms with Crippen molar-refractivity contribution in [1.29, 1.82) is 0 Å². The van der Waals surface area contributed by atoms with Crippen molar-refractivity contribution < 1.29 is 4.79 Å². The Morgan fingerprint density at radius 2 is 1.91 bits per heavy atom. The molecule has 1 unspecified atom stereocenters. The zero-order chi connectivity index (χ0) is 16.4. The zero-order valence-electron chi connectivity index (χ0n) is 13.9. The average molecular weight is 323 g/mol. The van der Waals surface area contributed by atoms with E-state index in [-0.39, 0.29) is 11.3 Å². The van der Waals surface area contributed by atoms with Gasteiger partial charge in [0.25, 0.3) is 0 Å². The molecule has 1 aromatic rings. The minimum Gasteiger partial charge on any atom is -0.341 e. The Morgan fingerprint density at radius 1 is 1.32 bits per heavy atom. The van der Waals surface area contributed by atoms with E-state index in [0.717, 1.165) is 37.9 Å². The molecule has 1 aliphatic rings. The third-order valence-corrected chi connectivity index (χ3v) is 5.60. The van der Waals surface area contributed by atoms with Crippen molar-refractivity contribution >= 4 is 17.5 Å². The van der Waals surface area contributed by atoms with Gasteiger partial charge < -0.3 is 10.6 Å². The van der Waals surface area contributed by atoms with Crippen LogP contribution in [0.15, 0.2) is 24.3 Å². The topological polar surface area (TPSA) is 46.3 Å². The predicted molar refractivity (Wildman–Crippen MR) is 92.1 cm³/mol. The Morgan fingerprint density at radius 3 is 2.36 bits per heavy atom. The highest BCUT2D eigenvalue weighted by Crippen LogP contribution is 2.38. The highest BCUT2D eigenvalue weighted by molar-refractivity contribution is 6.30. The monoisotopic (exact) mass is 322 g/mol. The van der Waals surface area contributed by atoms with Gasteiger partial charge in [-0.25, -0.2) is 0 Å². The summed E-state index contributed by atoms with van der Waals surface area (Å²) in [7, 11) is 0. The molecule has 2 N–H and O–H groups in total. The molecule has 3 nitrogen and oxygen atoms in total. The summed E-state index contributed by atoms with van der Waals surface area (Å²) in [5.41, 5.74) is 6.55. The molecule has 1 aromatic carbocycles. The van der Waals surface area contributed by atoms with Crippen molar-refractivity contribution in [3.05, 3.63) is 34.9 Å². The minimum atomic E-state index is -0.454. The Kier molecular flexibility index (Phi) is 5.18. The molecule has 1 fully saturated rings. The van der Waals surface area contributed by atoms with Crippen molar-refractivity contribution in [2.45, 2.75) is 45.4 Å². The van der Waals surface area contributed by atoms with E-state index >= 15 is 0 Å². The molecule has 1 heterocycles. The number of likely N-dealkylation sites (tertiary alicyclic amines) is 1. The first-order valence-electron chi connectivity index (χ1n) is 8.16. The molecule has 1 amide bonds. The predicted octanol–water partition coefficient (Wildman–Crippen LogP) is 3.60. The number of hydrogen-bond donors (Lipinski definition) is 1. The molecule has 0 saturated carbocycles. The maximum Gasteiger partial charge on any atom is 0.233 e. The fourth-order valence-corrected chi connectivity index (χ4v) is 3.65. The molecule has 22 heavy (non-hydrogen) atoms. The second kappa shape index (κ2) is 6.59. The van der Waals surface area contributed by atoms with Crippen LogP contribution in [0.5, 0.6) is 0 Å². The Bertz CT molecular complexity index is 524. The summed E-state index contributed by atoms with van der Waals surface area (Å²) >= 11 is 6.00. The van der Waals surface area contributed by atoms with Crippen LogP contribution >= 0.6 is 11.6 Å². The molecule has 122 valence electrons. The van der Waals surface area contributed by atoms with Crippen molar-refractivity contribution in [2.75, 3.05) is 19.6 Å². The highest BCUT2D eigenvalue weighted by Gasteiger charge is 2.44. The summed E-state index contributed by atoms with van der Waals surface area (Å²) in [4.78, 5) is 15.3. The van der Waals surface area contributed by atoms with Gasteiger partial charge in [0.05, 0.1) is 5.41 Å². The molecule has 4 heteroatoms. The number of carbonyl (C=O) groups excluding carboxylic acids is 1. The molecule has 2 rings (SSSR count). The molecule has 1 aliphatic heterocycles. The molecule has 0 aliphatic carbocycles. The number of nitrogens with zero attached hydrogens (tertiary/aromatic N) is 1. The van der Waals surface area contributed by atoms with Gasteiger partial charge in [0.2, 0.25) is 5.91 Å². The fourth-order valence-electron chi connectivity index (χ4n) is 3.52. The molecule has 0 spiro atoms. The van der Waals surface area contributed by atoms with Gasteiger partial charge in [-0.3, -0.25) is 4.79 Å². The van der Waals surface area contributed by atoms with Crippen molar-refractivity contribution in [2.24, 2.45) is 11.1 Å². The van der Waals surface area contributed by atoms with E-state index in [9.17, 15) is 4.79 Å². The number of hydrogen-bond acceptors (Lipinski definition) is 2. The van der Waals surface area contributed by atoms with E-state index < -0.39 is 5.41 Å². The van der Waals surface area contributed by atoms with Crippen LogP contribution in [0.1, 0.15) is 45.6 Å². The van der Waals surface area contributed by atoms with Gasteiger partial charge in [0, 0.05) is 18.1 Å². The summed E-state index contributed by atoms with van der Waals surface area (Å²) in [5.74, 6) is 0.233. The first-order chi connectivity index (χ1) is 10.4. The van der Waals surface area contributed by atoms with E-state index in [4.69, 9.17) is 17.3 Å². The summed E-state index contributed by atoms with van der Waals surface area (Å²) in [5, 5.41) is 0.703. The Labute approximate surface area is 138 Å². The van der Waals surface area contributed by atoms with Gasteiger partial charge in [0.15, 0.2) is 0 Å². The van der Waals surface area contributed by atoms with Crippen LogP contribution in [-0.4, -0.2) is 30.4 Å². The third kappa shape index (κ3) is 3.02. The molecular weight excluding hydrogens is 296 g/mol. The van der Waals surface area contributed by atoms with Gasteiger partial charge in [-0.15, -0.1) is 0 Å². The van der Waals surface area contributed by atoms with E-state index in [0.29, 0.717) is 11.6 Å². The quantitative estimate of drug-likeness (QED) is 0.900. The maximum absolute atomic E-state index is 13.3. The van der Waals surface area contributed by atoms with Gasteiger partial charge >= 0.3 is 0 Å². The molecule has 0 aromatic heterocycles. The van der Waals surface area contributed by atoms with Crippen LogP contribution in [0.25, 0.3) is 0 Å². The average Bonchev–Trinajstić information content (AvgIpc) is 2.93. The summed E-state index contributed by atoms with van der Waals surface area (Å²) < 4.78 is 0. The van der Waals surface area contributed by atoms with Crippen LogP contribution in [0, 0.1) is 5.41 Å². The van der Waals surface area contributed by atoms with Gasteiger partial charge in [-0.05, 0) is 48.9 Å². The number of nitrogens with two attached hydrogens (primary N) is 1. The van der Waals surface area contributed by atoms with Crippen LogP contribution in [0.4, 0.5) is 0 Å². The number of halogens is 1. The van der Waals surface area contributed by atoms with E-state index in [1.54, 1.807) is 0 Å². The lowest BCUT2D eigenvalue weighted by Gasteiger charge is -2.35. The van der Waals surface area contributed by atoms with Crippen LogP contribution in [-0.2, 0) is 10.2 Å². The normalized spacial score (nSPS) is 22.1. The second-order valence-electron chi connectivity index (χ2n) is 6.79. The van der Waals surface area contributed by atoms with Crippen molar-refractivity contribution in [3.63, 3.8) is 0 Å². The standard InChI is InChI=1S/C18H27ClN2O/c1-4-18(5-2,14-6-8-15(19)9-7-14)16(22)21-11-10-17(3,12-20)13-21/h6-9H,4-5,10-13,20H2,1-3H3. The lowest BCUT2D eigenvalue weighted by molar-refractivity contribution is -0.137. The summed E-state index contributed by atoms with van der Waals surface area (Å²) in [6.07, 6.45) is 2.57. The SMILES string of the molecule is CCC(CC)(C(=O)N1CCC(C)(CN)C1)c1ccc(Cl)cc1. The Hall–Kier alpha value is -1.06.